The average molecular weight is 349 g/mol. The molecule has 2 aromatic rings. The highest BCUT2D eigenvalue weighted by Gasteiger charge is 2.39. The van der Waals surface area contributed by atoms with Crippen molar-refractivity contribution < 1.29 is 19.4 Å². The fourth-order valence-electron chi connectivity index (χ4n) is 2.65. The van der Waals surface area contributed by atoms with Gasteiger partial charge in [0.2, 0.25) is 0 Å². The van der Waals surface area contributed by atoms with Crippen LogP contribution in [0.15, 0.2) is 28.8 Å². The van der Waals surface area contributed by atoms with Crippen molar-refractivity contribution in [1.29, 1.82) is 0 Å². The second-order valence-corrected chi connectivity index (χ2v) is 6.02. The van der Waals surface area contributed by atoms with Gasteiger partial charge in [0.15, 0.2) is 0 Å². The first-order chi connectivity index (χ1) is 11.5. The minimum Gasteiger partial charge on any atom is -0.480 e. The Balaban J connectivity index is 2.18. The number of tetrazole rings is 1. The van der Waals surface area contributed by atoms with Gasteiger partial charge in [-0.1, -0.05) is 11.2 Å². The number of hydrogen-bond acceptors (Lipinski definition) is 8. The molecule has 0 aromatic carbocycles. The molecule has 1 aliphatic heterocycles. The lowest BCUT2D eigenvalue weighted by molar-refractivity contribution is -0.139. The summed E-state index contributed by atoms with van der Waals surface area (Å²) in [7, 11) is 0. The quantitative estimate of drug-likeness (QED) is 0.798. The zero-order valence-corrected chi connectivity index (χ0v) is 13.9. The Kier molecular flexibility index (Phi) is 4.30. The number of esters is 1. The van der Waals surface area contributed by atoms with Crippen LogP contribution >= 0.6 is 11.3 Å². The molecule has 1 N–H and O–H groups in total. The standard InChI is InChI=1S/C14H15N5O4S/c1-3-23-13(22)11-8(2)18(7-10(20)21)14-15-16-17-19(14)12(11)9-5-4-6-24-9/h4-6,12H,3,7H2,1-2H3,(H,20,21). The van der Waals surface area contributed by atoms with E-state index in [1.54, 1.807) is 13.8 Å². The maximum absolute atomic E-state index is 12.5. The molecule has 3 heterocycles. The van der Waals surface area contributed by atoms with Crippen LogP contribution in [-0.4, -0.2) is 50.4 Å². The first-order valence-electron chi connectivity index (χ1n) is 7.23. The van der Waals surface area contributed by atoms with Crippen LogP contribution in [0.4, 0.5) is 5.95 Å². The minimum atomic E-state index is -1.05. The van der Waals surface area contributed by atoms with Gasteiger partial charge in [0.05, 0.1) is 12.2 Å². The maximum Gasteiger partial charge on any atom is 0.338 e. The van der Waals surface area contributed by atoms with Crippen LogP contribution in [0, 0.1) is 0 Å². The van der Waals surface area contributed by atoms with Gasteiger partial charge in [-0.15, -0.1) is 11.3 Å². The first kappa shape index (κ1) is 16.1. The number of aromatic nitrogens is 4. The zero-order valence-electron chi connectivity index (χ0n) is 13.0. The third kappa shape index (κ3) is 2.64. The van der Waals surface area contributed by atoms with E-state index in [4.69, 9.17) is 9.84 Å². The van der Waals surface area contributed by atoms with Crippen molar-refractivity contribution in [2.45, 2.75) is 19.9 Å². The molecule has 0 spiro atoms. The molecule has 1 aliphatic rings. The van der Waals surface area contributed by atoms with E-state index in [2.05, 4.69) is 15.5 Å². The normalized spacial score (nSPS) is 16.9. The molecule has 0 saturated carbocycles. The highest BCUT2D eigenvalue weighted by molar-refractivity contribution is 7.10. The van der Waals surface area contributed by atoms with Gasteiger partial charge in [-0.25, -0.2) is 4.79 Å². The summed E-state index contributed by atoms with van der Waals surface area (Å²) < 4.78 is 6.63. The lowest BCUT2D eigenvalue weighted by Crippen LogP contribution is -2.39. The molecule has 0 bridgehead atoms. The number of carbonyl (C=O) groups excluding carboxylic acids is 1. The van der Waals surface area contributed by atoms with Crippen LogP contribution in [-0.2, 0) is 14.3 Å². The number of rotatable bonds is 5. The second-order valence-electron chi connectivity index (χ2n) is 5.04. The van der Waals surface area contributed by atoms with Gasteiger partial charge in [0.1, 0.15) is 12.6 Å². The Morgan fingerprint density at radius 1 is 1.46 bits per heavy atom. The molecule has 2 aromatic heterocycles. The van der Waals surface area contributed by atoms with Crippen LogP contribution in [0.2, 0.25) is 0 Å². The van der Waals surface area contributed by atoms with Crippen LogP contribution in [0.25, 0.3) is 0 Å². The van der Waals surface area contributed by atoms with Crippen molar-refractivity contribution in [1.82, 2.24) is 20.2 Å². The topological polar surface area (TPSA) is 110 Å². The number of aliphatic carboxylic acids is 1. The fraction of sp³-hybridized carbons (Fsp3) is 0.357. The van der Waals surface area contributed by atoms with Crippen LogP contribution in [0.5, 0.6) is 0 Å². The third-order valence-electron chi connectivity index (χ3n) is 3.63. The summed E-state index contributed by atoms with van der Waals surface area (Å²) in [5.41, 5.74) is 0.803. The van der Waals surface area contributed by atoms with Gasteiger partial charge in [-0.05, 0) is 35.7 Å². The van der Waals surface area contributed by atoms with E-state index in [9.17, 15) is 9.59 Å². The number of anilines is 1. The van der Waals surface area contributed by atoms with Gasteiger partial charge in [0, 0.05) is 10.6 Å². The number of allylic oxidation sites excluding steroid dienone is 1. The molecule has 10 heteroatoms. The Labute approximate surface area is 141 Å². The van der Waals surface area contributed by atoms with E-state index in [0.717, 1.165) is 4.88 Å². The highest BCUT2D eigenvalue weighted by atomic mass is 32.1. The van der Waals surface area contributed by atoms with Gasteiger partial charge in [-0.2, -0.15) is 4.68 Å². The summed E-state index contributed by atoms with van der Waals surface area (Å²) in [5, 5.41) is 22.6. The van der Waals surface area contributed by atoms with Gasteiger partial charge < -0.3 is 14.7 Å². The van der Waals surface area contributed by atoms with Crippen LogP contribution in [0.1, 0.15) is 24.8 Å². The number of fused-ring (bicyclic) bond motifs is 1. The lowest BCUT2D eigenvalue weighted by Gasteiger charge is -2.33. The van der Waals surface area contributed by atoms with Crippen molar-refractivity contribution in [2.24, 2.45) is 0 Å². The summed E-state index contributed by atoms with van der Waals surface area (Å²) >= 11 is 1.46. The monoisotopic (exact) mass is 349 g/mol. The number of nitrogens with zero attached hydrogens (tertiary/aromatic N) is 5. The molecule has 126 valence electrons. The predicted octanol–water partition coefficient (Wildman–Crippen LogP) is 1.07. The Bertz CT molecular complexity index is 798. The van der Waals surface area contributed by atoms with Crippen molar-refractivity contribution in [2.75, 3.05) is 18.1 Å². The van der Waals surface area contributed by atoms with Crippen molar-refractivity contribution >= 4 is 29.2 Å². The predicted molar refractivity (Wildman–Crippen MR) is 84.6 cm³/mol. The minimum absolute atomic E-state index is 0.216. The molecular formula is C14H15N5O4S. The molecule has 0 amide bonds. The number of carbonyl (C=O) groups is 2. The molecule has 0 radical (unpaired) electrons. The Hall–Kier alpha value is -2.75. The molecule has 9 nitrogen and oxygen atoms in total. The third-order valence-corrected chi connectivity index (χ3v) is 4.56. The summed E-state index contributed by atoms with van der Waals surface area (Å²) in [6.45, 7) is 3.25. The molecule has 1 atom stereocenters. The lowest BCUT2D eigenvalue weighted by atomic mass is 10.0. The SMILES string of the molecule is CCOC(=O)C1=C(C)N(CC(=O)O)c2nnnn2C1c1cccs1. The van der Waals surface area contributed by atoms with Gasteiger partial charge in [-0.3, -0.25) is 4.79 Å². The highest BCUT2D eigenvalue weighted by Crippen LogP contribution is 2.39. The summed E-state index contributed by atoms with van der Waals surface area (Å²) in [5.74, 6) is -1.28. The smallest absolute Gasteiger partial charge is 0.338 e. The summed E-state index contributed by atoms with van der Waals surface area (Å²) in [6.07, 6.45) is 0. The van der Waals surface area contributed by atoms with E-state index >= 15 is 0 Å². The van der Waals surface area contributed by atoms with Crippen molar-refractivity contribution in [3.63, 3.8) is 0 Å². The number of carboxylic acids is 1. The number of ether oxygens (including phenoxy) is 1. The van der Waals surface area contributed by atoms with Crippen molar-refractivity contribution in [3.05, 3.63) is 33.7 Å². The van der Waals surface area contributed by atoms with E-state index in [1.165, 1.54) is 20.9 Å². The summed E-state index contributed by atoms with van der Waals surface area (Å²) in [4.78, 5) is 26.0. The van der Waals surface area contributed by atoms with Crippen LogP contribution in [0.3, 0.4) is 0 Å². The molecule has 0 fully saturated rings. The number of carboxylic acid groups (broad SMARTS) is 1. The maximum atomic E-state index is 12.5. The first-order valence-corrected chi connectivity index (χ1v) is 8.11. The Morgan fingerprint density at radius 3 is 2.88 bits per heavy atom. The molecule has 3 rings (SSSR count). The second kappa shape index (κ2) is 6.40. The van der Waals surface area contributed by atoms with E-state index in [1.807, 2.05) is 17.5 Å². The van der Waals surface area contributed by atoms with Crippen molar-refractivity contribution in [3.8, 4) is 0 Å². The molecule has 1 unspecified atom stereocenters. The molecular weight excluding hydrogens is 334 g/mol. The molecule has 24 heavy (non-hydrogen) atoms. The molecule has 0 aliphatic carbocycles. The zero-order chi connectivity index (χ0) is 17.3. The van der Waals surface area contributed by atoms with E-state index in [0.29, 0.717) is 11.3 Å². The molecule has 0 saturated heterocycles. The van der Waals surface area contributed by atoms with E-state index in [-0.39, 0.29) is 19.1 Å². The number of thiophene rings is 1. The largest absolute Gasteiger partial charge is 0.480 e. The number of hydrogen-bond donors (Lipinski definition) is 1. The Morgan fingerprint density at radius 2 is 2.25 bits per heavy atom. The average Bonchev–Trinajstić information content (AvgIpc) is 3.20. The fourth-order valence-corrected chi connectivity index (χ4v) is 3.47. The van der Waals surface area contributed by atoms with Gasteiger partial charge in [0.25, 0.3) is 5.95 Å². The van der Waals surface area contributed by atoms with E-state index < -0.39 is 18.0 Å². The van der Waals surface area contributed by atoms with Crippen LogP contribution < -0.4 is 4.90 Å². The summed E-state index contributed by atoms with van der Waals surface area (Å²) in [6, 6.07) is 3.20. The van der Waals surface area contributed by atoms with Gasteiger partial charge >= 0.3 is 11.9 Å².